The minimum Gasteiger partial charge on any atom is -0.477 e. The Labute approximate surface area is 119 Å². The number of aromatic carboxylic acids is 1. The second-order valence-electron chi connectivity index (χ2n) is 4.15. The van der Waals surface area contributed by atoms with E-state index in [1.165, 1.54) is 13.2 Å². The van der Waals surface area contributed by atoms with Crippen molar-refractivity contribution in [3.05, 3.63) is 45.7 Å². The van der Waals surface area contributed by atoms with E-state index in [1.54, 1.807) is 12.1 Å². The van der Waals surface area contributed by atoms with Crippen molar-refractivity contribution >= 4 is 22.8 Å². The molecule has 0 bridgehead atoms. The lowest BCUT2D eigenvalue weighted by Gasteiger charge is -2.00. The van der Waals surface area contributed by atoms with Crippen molar-refractivity contribution < 1.29 is 19.4 Å². The molecular formula is C15H11NO5. The van der Waals surface area contributed by atoms with Crippen LogP contribution in [0.1, 0.15) is 22.3 Å². The van der Waals surface area contributed by atoms with Crippen LogP contribution in [0.5, 0.6) is 0 Å². The normalized spacial score (nSPS) is 9.76. The molecule has 0 radical (unpaired) electrons. The van der Waals surface area contributed by atoms with Gasteiger partial charge in [-0.2, -0.15) is 0 Å². The quantitative estimate of drug-likeness (QED) is 0.637. The maximum absolute atomic E-state index is 12.0. The van der Waals surface area contributed by atoms with Crippen molar-refractivity contribution in [1.29, 1.82) is 0 Å². The van der Waals surface area contributed by atoms with Crippen molar-refractivity contribution in [2.45, 2.75) is 6.42 Å². The number of carbonyl (C=O) groups excluding carboxylic acids is 1. The number of ether oxygens (including phenoxy) is 1. The van der Waals surface area contributed by atoms with Gasteiger partial charge >= 0.3 is 11.9 Å². The molecule has 0 aliphatic carbocycles. The van der Waals surface area contributed by atoms with Crippen LogP contribution in [0.15, 0.2) is 29.2 Å². The van der Waals surface area contributed by atoms with Gasteiger partial charge in [-0.1, -0.05) is 11.8 Å². The minimum atomic E-state index is -1.29. The molecule has 6 nitrogen and oxygen atoms in total. The first-order chi connectivity index (χ1) is 10.0. The summed E-state index contributed by atoms with van der Waals surface area (Å²) in [6.07, 6.45) is 1.11. The fourth-order valence-electron chi connectivity index (χ4n) is 1.75. The number of carboxylic acid groups (broad SMARTS) is 1. The maximum atomic E-state index is 12.0. The summed E-state index contributed by atoms with van der Waals surface area (Å²) < 4.78 is 4.46. The van der Waals surface area contributed by atoms with Gasteiger partial charge < -0.3 is 14.8 Å². The van der Waals surface area contributed by atoms with E-state index in [4.69, 9.17) is 5.11 Å². The fourth-order valence-corrected chi connectivity index (χ4v) is 1.75. The van der Waals surface area contributed by atoms with Crippen LogP contribution in [-0.4, -0.2) is 29.1 Å². The van der Waals surface area contributed by atoms with Crippen molar-refractivity contribution in [1.82, 2.24) is 4.98 Å². The zero-order chi connectivity index (χ0) is 15.4. The third kappa shape index (κ3) is 3.09. The Morgan fingerprint density at radius 1 is 1.38 bits per heavy atom. The van der Waals surface area contributed by atoms with Crippen LogP contribution >= 0.6 is 0 Å². The standard InChI is InChI=1S/C15H11NO5/c1-21-13(17)4-2-3-9-5-6-12-10(7-9)14(18)11(8-16-12)15(19)20/h5-8H,4H2,1H3,(H,16,18)(H,19,20). The van der Waals surface area contributed by atoms with E-state index in [0.717, 1.165) is 6.20 Å². The van der Waals surface area contributed by atoms with Crippen LogP contribution < -0.4 is 5.43 Å². The molecule has 21 heavy (non-hydrogen) atoms. The maximum Gasteiger partial charge on any atom is 0.341 e. The van der Waals surface area contributed by atoms with Crippen LogP contribution in [0, 0.1) is 11.8 Å². The van der Waals surface area contributed by atoms with Crippen molar-refractivity contribution in [3.8, 4) is 11.8 Å². The average Bonchev–Trinajstić information content (AvgIpc) is 2.47. The van der Waals surface area contributed by atoms with Crippen LogP contribution in [0.25, 0.3) is 10.9 Å². The number of fused-ring (bicyclic) bond motifs is 1. The molecule has 2 N–H and O–H groups in total. The van der Waals surface area contributed by atoms with Gasteiger partial charge in [0.05, 0.1) is 7.11 Å². The number of aromatic amines is 1. The van der Waals surface area contributed by atoms with E-state index in [-0.39, 0.29) is 17.4 Å². The molecule has 0 saturated heterocycles. The second kappa shape index (κ2) is 5.92. The topological polar surface area (TPSA) is 96.5 Å². The third-order valence-electron chi connectivity index (χ3n) is 2.80. The first-order valence-electron chi connectivity index (χ1n) is 5.97. The van der Waals surface area contributed by atoms with Crippen LogP contribution in [0.3, 0.4) is 0 Å². The molecule has 0 unspecified atom stereocenters. The van der Waals surface area contributed by atoms with Crippen LogP contribution in [0.2, 0.25) is 0 Å². The molecule has 0 saturated carbocycles. The number of benzene rings is 1. The Morgan fingerprint density at radius 2 is 2.14 bits per heavy atom. The van der Waals surface area contributed by atoms with Crippen molar-refractivity contribution in [3.63, 3.8) is 0 Å². The highest BCUT2D eigenvalue weighted by atomic mass is 16.5. The highest BCUT2D eigenvalue weighted by Gasteiger charge is 2.11. The highest BCUT2D eigenvalue weighted by Crippen LogP contribution is 2.10. The third-order valence-corrected chi connectivity index (χ3v) is 2.80. The molecule has 106 valence electrons. The smallest absolute Gasteiger partial charge is 0.341 e. The lowest BCUT2D eigenvalue weighted by atomic mass is 10.1. The van der Waals surface area contributed by atoms with Crippen molar-refractivity contribution in [2.75, 3.05) is 7.11 Å². The Kier molecular flexibility index (Phi) is 4.05. The number of esters is 1. The SMILES string of the molecule is COC(=O)CC#Cc1ccc2[nH]cc(C(=O)O)c(=O)c2c1. The summed E-state index contributed by atoms with van der Waals surface area (Å²) >= 11 is 0. The number of hydrogen-bond acceptors (Lipinski definition) is 4. The molecule has 1 aromatic carbocycles. The molecule has 1 aromatic heterocycles. The molecule has 6 heteroatoms. The molecule has 1 heterocycles. The zero-order valence-corrected chi connectivity index (χ0v) is 11.1. The number of nitrogens with one attached hydrogen (secondary N) is 1. The zero-order valence-electron chi connectivity index (χ0n) is 11.1. The summed E-state index contributed by atoms with van der Waals surface area (Å²) in [5.74, 6) is 3.61. The molecular weight excluding hydrogens is 274 g/mol. The number of pyridine rings is 1. The number of methoxy groups -OCH3 is 1. The molecule has 0 atom stereocenters. The predicted molar refractivity (Wildman–Crippen MR) is 75.0 cm³/mol. The summed E-state index contributed by atoms with van der Waals surface area (Å²) in [5.41, 5.74) is 0.123. The van der Waals surface area contributed by atoms with Crippen molar-refractivity contribution in [2.24, 2.45) is 0 Å². The largest absolute Gasteiger partial charge is 0.477 e. The van der Waals surface area contributed by atoms with E-state index < -0.39 is 17.4 Å². The molecule has 0 aliphatic rings. The van der Waals surface area contributed by atoms with Gasteiger partial charge in [-0.25, -0.2) is 4.79 Å². The number of carboxylic acids is 1. The molecule has 2 rings (SSSR count). The van der Waals surface area contributed by atoms with Gasteiger partial charge in [0.1, 0.15) is 12.0 Å². The minimum absolute atomic E-state index is 0.0555. The average molecular weight is 285 g/mol. The molecule has 0 aliphatic heterocycles. The highest BCUT2D eigenvalue weighted by molar-refractivity contribution is 5.92. The Morgan fingerprint density at radius 3 is 2.81 bits per heavy atom. The predicted octanol–water partition coefficient (Wildman–Crippen LogP) is 1.14. The first-order valence-corrected chi connectivity index (χ1v) is 5.97. The first kappa shape index (κ1) is 14.3. The Hall–Kier alpha value is -3.07. The number of carbonyl (C=O) groups is 2. The molecule has 0 spiro atoms. The van der Waals surface area contributed by atoms with Gasteiger partial charge in [-0.05, 0) is 18.2 Å². The molecule has 0 fully saturated rings. The fraction of sp³-hybridized carbons (Fsp3) is 0.133. The van der Waals surface area contributed by atoms with E-state index in [2.05, 4.69) is 21.6 Å². The van der Waals surface area contributed by atoms with Gasteiger partial charge in [0.15, 0.2) is 0 Å². The van der Waals surface area contributed by atoms with E-state index in [9.17, 15) is 14.4 Å². The monoisotopic (exact) mass is 285 g/mol. The van der Waals surface area contributed by atoms with Gasteiger partial charge in [0.25, 0.3) is 0 Å². The van der Waals surface area contributed by atoms with Gasteiger partial charge in [0.2, 0.25) is 5.43 Å². The Bertz CT molecular complexity index is 838. The van der Waals surface area contributed by atoms with Crippen LogP contribution in [-0.2, 0) is 9.53 Å². The van der Waals surface area contributed by atoms with Gasteiger partial charge in [-0.3, -0.25) is 9.59 Å². The van der Waals surface area contributed by atoms with E-state index in [0.29, 0.717) is 11.1 Å². The Balaban J connectivity index is 2.45. The summed E-state index contributed by atoms with van der Waals surface area (Å²) in [6.45, 7) is 0. The summed E-state index contributed by atoms with van der Waals surface area (Å²) in [6, 6.07) is 4.79. The molecule has 2 aromatic rings. The lowest BCUT2D eigenvalue weighted by molar-refractivity contribution is -0.139. The summed E-state index contributed by atoms with van der Waals surface area (Å²) in [7, 11) is 1.27. The van der Waals surface area contributed by atoms with E-state index in [1.807, 2.05) is 0 Å². The number of hydrogen-bond donors (Lipinski definition) is 2. The summed E-state index contributed by atoms with van der Waals surface area (Å²) in [4.78, 5) is 36.7. The van der Waals surface area contributed by atoms with E-state index >= 15 is 0 Å². The molecule has 0 amide bonds. The van der Waals surface area contributed by atoms with Gasteiger partial charge in [-0.15, -0.1) is 0 Å². The lowest BCUT2D eigenvalue weighted by Crippen LogP contribution is -2.15. The van der Waals surface area contributed by atoms with Crippen LogP contribution in [0.4, 0.5) is 0 Å². The number of rotatable bonds is 2. The summed E-state index contributed by atoms with van der Waals surface area (Å²) in [5, 5.41) is 9.16. The van der Waals surface area contributed by atoms with Gasteiger partial charge in [0, 0.05) is 22.7 Å². The number of aromatic nitrogens is 1. The second-order valence-corrected chi connectivity index (χ2v) is 4.15. The number of H-pyrrole nitrogens is 1.